The highest BCUT2D eigenvalue weighted by Crippen LogP contribution is 2.07. The maximum Gasteiger partial charge on any atom is 0.309 e. The maximum absolute atomic E-state index is 11.5. The Bertz CT molecular complexity index is 417. The number of ether oxygens (including phenoxy) is 1. The fourth-order valence-corrected chi connectivity index (χ4v) is 2.02. The summed E-state index contributed by atoms with van der Waals surface area (Å²) in [5, 5.41) is 16.5. The molecular weight excluding hydrogens is 268 g/mol. The largest absolute Gasteiger partial charge is 0.386 e. The summed E-state index contributed by atoms with van der Waals surface area (Å²) in [5.41, 5.74) is -1.20. The van der Waals surface area contributed by atoms with Gasteiger partial charge in [0, 0.05) is 18.5 Å². The number of methoxy groups -OCH3 is 1. The third-order valence-corrected chi connectivity index (χ3v) is 3.17. The van der Waals surface area contributed by atoms with Crippen LogP contribution in [0.4, 0.5) is 0 Å². The number of hydrogen-bond donors (Lipinski definition) is 3. The fraction of sp³-hybridized carbons (Fsp3) is 0.500. The molecule has 0 spiro atoms. The van der Waals surface area contributed by atoms with E-state index < -0.39 is 17.4 Å². The number of rotatable bonds is 6. The van der Waals surface area contributed by atoms with Gasteiger partial charge in [-0.15, -0.1) is 11.3 Å². The lowest BCUT2D eigenvalue weighted by molar-refractivity contribution is -0.140. The van der Waals surface area contributed by atoms with E-state index in [0.29, 0.717) is 6.54 Å². The lowest BCUT2D eigenvalue weighted by Crippen LogP contribution is -2.48. The second-order valence-electron chi connectivity index (χ2n) is 4.37. The molecule has 0 aliphatic carbocycles. The lowest BCUT2D eigenvalue weighted by atomic mass is 10.1. The van der Waals surface area contributed by atoms with Crippen molar-refractivity contribution in [2.45, 2.75) is 19.1 Å². The number of aliphatic hydroxyl groups is 1. The molecule has 0 bridgehead atoms. The van der Waals surface area contributed by atoms with Gasteiger partial charge >= 0.3 is 11.8 Å². The van der Waals surface area contributed by atoms with Gasteiger partial charge in [0.25, 0.3) is 0 Å². The predicted octanol–water partition coefficient (Wildman–Crippen LogP) is -0.122. The molecule has 0 unspecified atom stereocenters. The average Bonchev–Trinajstić information content (AvgIpc) is 2.86. The Morgan fingerprint density at radius 1 is 1.42 bits per heavy atom. The van der Waals surface area contributed by atoms with Crippen LogP contribution in [-0.4, -0.2) is 42.8 Å². The zero-order chi connectivity index (χ0) is 14.3. The molecule has 19 heavy (non-hydrogen) atoms. The Kier molecular flexibility index (Phi) is 5.94. The molecule has 0 radical (unpaired) electrons. The first-order valence-corrected chi connectivity index (χ1v) is 6.62. The smallest absolute Gasteiger partial charge is 0.309 e. The van der Waals surface area contributed by atoms with E-state index in [1.807, 2.05) is 17.5 Å². The number of carbonyl (C=O) groups excluding carboxylic acids is 2. The topological polar surface area (TPSA) is 87.7 Å². The van der Waals surface area contributed by atoms with Crippen molar-refractivity contribution in [1.82, 2.24) is 10.6 Å². The molecule has 0 saturated carbocycles. The van der Waals surface area contributed by atoms with Crippen molar-refractivity contribution in [2.24, 2.45) is 0 Å². The zero-order valence-corrected chi connectivity index (χ0v) is 11.8. The Hall–Kier alpha value is -1.44. The second kappa shape index (κ2) is 7.22. The summed E-state index contributed by atoms with van der Waals surface area (Å²) in [5.74, 6) is -1.49. The number of nitrogens with one attached hydrogen (secondary N) is 2. The van der Waals surface area contributed by atoms with Crippen LogP contribution < -0.4 is 10.6 Å². The Balaban J connectivity index is 2.31. The molecular formula is C12H18N2O4S. The van der Waals surface area contributed by atoms with Gasteiger partial charge in [0.2, 0.25) is 0 Å². The molecule has 7 heteroatoms. The first-order valence-electron chi connectivity index (χ1n) is 5.74. The van der Waals surface area contributed by atoms with Crippen LogP contribution in [0.2, 0.25) is 0 Å². The normalized spacial score (nSPS) is 13.6. The molecule has 1 aromatic heterocycles. The highest BCUT2D eigenvalue weighted by molar-refractivity contribution is 7.09. The summed E-state index contributed by atoms with van der Waals surface area (Å²) < 4.78 is 4.80. The molecule has 1 rings (SSSR count). The van der Waals surface area contributed by atoms with Gasteiger partial charge in [0.05, 0.1) is 13.2 Å². The van der Waals surface area contributed by atoms with Crippen LogP contribution in [0, 0.1) is 0 Å². The van der Waals surface area contributed by atoms with Crippen molar-refractivity contribution in [3.8, 4) is 0 Å². The summed E-state index contributed by atoms with van der Waals surface area (Å²) in [7, 11) is 1.45. The van der Waals surface area contributed by atoms with E-state index in [4.69, 9.17) is 4.74 Å². The van der Waals surface area contributed by atoms with Crippen LogP contribution in [0.1, 0.15) is 11.8 Å². The summed E-state index contributed by atoms with van der Waals surface area (Å²) in [4.78, 5) is 23.9. The molecule has 1 aromatic rings. The number of thiophene rings is 1. The van der Waals surface area contributed by atoms with E-state index in [0.717, 1.165) is 4.88 Å². The quantitative estimate of drug-likeness (QED) is 0.636. The molecule has 6 nitrogen and oxygen atoms in total. The molecule has 0 aliphatic rings. The molecule has 2 amide bonds. The molecule has 106 valence electrons. The van der Waals surface area contributed by atoms with Crippen molar-refractivity contribution in [1.29, 1.82) is 0 Å². The van der Waals surface area contributed by atoms with Gasteiger partial charge in [-0.2, -0.15) is 0 Å². The van der Waals surface area contributed by atoms with Gasteiger partial charge in [-0.1, -0.05) is 6.07 Å². The molecule has 0 aliphatic heterocycles. The minimum atomic E-state index is -1.20. The van der Waals surface area contributed by atoms with E-state index in [2.05, 4.69) is 10.6 Å². The van der Waals surface area contributed by atoms with Crippen molar-refractivity contribution in [3.63, 3.8) is 0 Å². The second-order valence-corrected chi connectivity index (χ2v) is 5.41. The van der Waals surface area contributed by atoms with Crippen molar-refractivity contribution < 1.29 is 19.4 Å². The molecule has 1 heterocycles. The van der Waals surface area contributed by atoms with Gasteiger partial charge in [-0.05, 0) is 18.4 Å². The van der Waals surface area contributed by atoms with Crippen molar-refractivity contribution in [3.05, 3.63) is 22.4 Å². The van der Waals surface area contributed by atoms with E-state index in [1.54, 1.807) is 0 Å². The van der Waals surface area contributed by atoms with Gasteiger partial charge < -0.3 is 20.5 Å². The number of hydrogen-bond acceptors (Lipinski definition) is 5. The van der Waals surface area contributed by atoms with Crippen LogP contribution in [0.25, 0.3) is 0 Å². The van der Waals surface area contributed by atoms with Crippen LogP contribution in [0.5, 0.6) is 0 Å². The van der Waals surface area contributed by atoms with Crippen LogP contribution >= 0.6 is 11.3 Å². The van der Waals surface area contributed by atoms with Gasteiger partial charge in [-0.3, -0.25) is 9.59 Å². The Morgan fingerprint density at radius 3 is 2.68 bits per heavy atom. The van der Waals surface area contributed by atoms with Crippen LogP contribution in [-0.2, 0) is 20.9 Å². The lowest BCUT2D eigenvalue weighted by Gasteiger charge is -2.22. The third kappa shape index (κ3) is 5.82. The number of amides is 2. The number of carbonyl (C=O) groups is 2. The first kappa shape index (κ1) is 15.6. The highest BCUT2D eigenvalue weighted by Gasteiger charge is 2.23. The Labute approximate surface area is 115 Å². The minimum absolute atomic E-state index is 0.0495. The van der Waals surface area contributed by atoms with Crippen molar-refractivity contribution >= 4 is 23.2 Å². The predicted molar refractivity (Wildman–Crippen MR) is 71.7 cm³/mol. The molecule has 0 aromatic carbocycles. The summed E-state index contributed by atoms with van der Waals surface area (Å²) in [6.07, 6.45) is 0. The van der Waals surface area contributed by atoms with Gasteiger partial charge in [0.1, 0.15) is 5.60 Å². The van der Waals surface area contributed by atoms with Crippen molar-refractivity contribution in [2.75, 3.05) is 20.3 Å². The standard InChI is InChI=1S/C12H18N2O4S/c1-12(17,8-18-2)7-14-11(16)10(15)13-6-9-4-3-5-19-9/h3-5,17H,6-8H2,1-2H3,(H,13,15)(H,14,16)/t12-/m1/s1. The monoisotopic (exact) mass is 286 g/mol. The summed E-state index contributed by atoms with van der Waals surface area (Å²) in [6.45, 7) is 1.86. The molecule has 0 fully saturated rings. The van der Waals surface area contributed by atoms with E-state index >= 15 is 0 Å². The van der Waals surface area contributed by atoms with E-state index in [9.17, 15) is 14.7 Å². The summed E-state index contributed by atoms with van der Waals surface area (Å²) in [6, 6.07) is 3.74. The summed E-state index contributed by atoms with van der Waals surface area (Å²) >= 11 is 1.50. The van der Waals surface area contributed by atoms with Gasteiger partial charge in [0.15, 0.2) is 0 Å². The maximum atomic E-state index is 11.5. The first-order chi connectivity index (χ1) is 8.94. The van der Waals surface area contributed by atoms with Gasteiger partial charge in [-0.25, -0.2) is 0 Å². The highest BCUT2D eigenvalue weighted by atomic mass is 32.1. The molecule has 3 N–H and O–H groups in total. The SMILES string of the molecule is COC[C@](C)(O)CNC(=O)C(=O)NCc1cccs1. The average molecular weight is 286 g/mol. The zero-order valence-electron chi connectivity index (χ0n) is 10.9. The van der Waals surface area contributed by atoms with E-state index in [-0.39, 0.29) is 13.2 Å². The minimum Gasteiger partial charge on any atom is -0.386 e. The third-order valence-electron chi connectivity index (χ3n) is 2.29. The van der Waals surface area contributed by atoms with E-state index in [1.165, 1.54) is 25.4 Å². The fourth-order valence-electron chi connectivity index (χ4n) is 1.37. The van der Waals surface area contributed by atoms with Crippen LogP contribution in [0.3, 0.4) is 0 Å². The molecule has 1 atom stereocenters. The Morgan fingerprint density at radius 2 is 2.11 bits per heavy atom. The van der Waals surface area contributed by atoms with Crippen LogP contribution in [0.15, 0.2) is 17.5 Å². The molecule has 0 saturated heterocycles.